The van der Waals surface area contributed by atoms with E-state index in [4.69, 9.17) is 30.0 Å². The highest BCUT2D eigenvalue weighted by molar-refractivity contribution is 5.47. The van der Waals surface area contributed by atoms with Crippen molar-refractivity contribution in [3.63, 3.8) is 0 Å². The van der Waals surface area contributed by atoms with Crippen LogP contribution in [0.25, 0.3) is 0 Å². The highest BCUT2D eigenvalue weighted by Crippen LogP contribution is 1.95. The third-order valence-corrected chi connectivity index (χ3v) is 0.957. The zero-order chi connectivity index (χ0) is 14.0. The summed E-state index contributed by atoms with van der Waals surface area (Å²) in [6.45, 7) is 8.46. The average Bonchev–Trinajstić information content (AvgIpc) is 2.16. The Hall–Kier alpha value is -1.50. The van der Waals surface area contributed by atoms with Gasteiger partial charge in [0.05, 0.1) is 0 Å². The lowest BCUT2D eigenvalue weighted by Gasteiger charge is -1.96. The highest BCUT2D eigenvalue weighted by Gasteiger charge is 1.75. The molecule has 0 rings (SSSR count). The molecule has 0 aliphatic carbocycles. The molecule has 7 nitrogen and oxygen atoms in total. The number of carbonyl (C=O) groups excluding carboxylic acids is 2. The van der Waals surface area contributed by atoms with Gasteiger partial charge in [0.2, 0.25) is 0 Å². The van der Waals surface area contributed by atoms with Crippen LogP contribution in [-0.2, 0) is 0 Å². The molecule has 108 valence electrons. The first-order chi connectivity index (χ1) is 7.38. The maximum Gasteiger partial charge on any atom is -0.0431 e. The summed E-state index contributed by atoms with van der Waals surface area (Å²) >= 11 is 0. The summed E-state index contributed by atoms with van der Waals surface area (Å²) < 4.78 is 0. The van der Waals surface area contributed by atoms with Crippen molar-refractivity contribution in [2.75, 3.05) is 0 Å². The predicted molar refractivity (Wildman–Crippen MR) is 55.6 cm³/mol. The Morgan fingerprint density at radius 3 is 0.941 bits per heavy atom. The van der Waals surface area contributed by atoms with E-state index in [-0.39, 0.29) is 5.48 Å². The molecule has 0 saturated carbocycles. The molecule has 0 radical (unpaired) electrons. The molecule has 0 aromatic heterocycles. The number of rotatable bonds is 3. The van der Waals surface area contributed by atoms with Crippen LogP contribution in [0.2, 0.25) is 0 Å². The largest absolute Gasteiger partial charge is 0.652 e. The minimum Gasteiger partial charge on any atom is -0.652 e. The molecule has 0 saturated heterocycles. The van der Waals surface area contributed by atoms with Crippen LogP contribution in [0.1, 0.15) is 53.4 Å². The zero-order valence-electron chi connectivity index (χ0n) is 10.8. The van der Waals surface area contributed by atoms with E-state index in [1.165, 1.54) is 25.7 Å². The van der Waals surface area contributed by atoms with Crippen molar-refractivity contribution in [3.8, 4) is 0 Å². The van der Waals surface area contributed by atoms with Gasteiger partial charge in [0.15, 0.2) is 0 Å². The van der Waals surface area contributed by atoms with Crippen molar-refractivity contribution in [2.24, 2.45) is 0 Å². The normalized spacial score (nSPS) is 6.35. The molecule has 0 unspecified atom stereocenters. The number of hydrogen-bond acceptors (Lipinski definition) is 6. The fourth-order valence-electron chi connectivity index (χ4n) is 0.500. The van der Waals surface area contributed by atoms with Crippen LogP contribution in [0.5, 0.6) is 0 Å². The summed E-state index contributed by atoms with van der Waals surface area (Å²) in [6.07, 6.45) is 0.870. The summed E-state index contributed by atoms with van der Waals surface area (Å²) in [4.78, 5) is 16.7. The molecule has 0 heterocycles. The monoisotopic (exact) mass is 254 g/mol. The second kappa shape index (κ2) is 36.6. The standard InChI is InChI=1S/C6H14.C2H6.2CH2O3.H2O/c1-3-5-6-4-2;1-2;2*2-1(3)4;/h3-6H2,1-2H3;1-2H3;2*(H2,2,3,4);1H2/p-4. The van der Waals surface area contributed by atoms with Gasteiger partial charge in [-0.2, -0.15) is 0 Å². The first-order valence-electron chi connectivity index (χ1n) is 5.14. The topological polar surface area (TPSA) is 158 Å². The van der Waals surface area contributed by atoms with Crippen LogP contribution >= 0.6 is 0 Å². The maximum atomic E-state index is 8.33. The minimum atomic E-state index is -2.33. The molecule has 7 heteroatoms. The first kappa shape index (κ1) is 29.6. The smallest absolute Gasteiger partial charge is 0.0431 e. The quantitative estimate of drug-likeness (QED) is 0.524. The molecule has 0 spiro atoms. The van der Waals surface area contributed by atoms with Crippen molar-refractivity contribution in [1.29, 1.82) is 0 Å². The van der Waals surface area contributed by atoms with E-state index < -0.39 is 12.3 Å². The van der Waals surface area contributed by atoms with E-state index in [0.29, 0.717) is 0 Å². The zero-order valence-corrected chi connectivity index (χ0v) is 10.8. The summed E-state index contributed by atoms with van der Waals surface area (Å²) in [5.74, 6) is 0. The minimum absolute atomic E-state index is 0. The Morgan fingerprint density at radius 2 is 0.882 bits per heavy atom. The Labute approximate surface area is 102 Å². The van der Waals surface area contributed by atoms with E-state index >= 15 is 0 Å². The van der Waals surface area contributed by atoms with Crippen LogP contribution in [0, 0.1) is 0 Å². The fourth-order valence-corrected chi connectivity index (χ4v) is 0.500. The molecule has 0 fully saturated rings. The van der Waals surface area contributed by atoms with Gasteiger partial charge in [-0.05, 0) is 12.3 Å². The Bertz CT molecular complexity index is 113. The Balaban J connectivity index is -0.0000000393. The lowest BCUT2D eigenvalue weighted by Crippen LogP contribution is -2.37. The lowest BCUT2D eigenvalue weighted by atomic mass is 10.2. The molecule has 0 amide bonds. The number of unbranched alkanes of at least 4 members (excludes halogenated alkanes) is 3. The van der Waals surface area contributed by atoms with Crippen molar-refractivity contribution < 1.29 is 35.5 Å². The number of carboxylic acid groups (broad SMARTS) is 4. The number of carbonyl (C=O) groups is 2. The second-order valence-electron chi connectivity index (χ2n) is 2.21. The third-order valence-electron chi connectivity index (χ3n) is 0.957. The van der Waals surface area contributed by atoms with Crippen molar-refractivity contribution >= 4 is 12.3 Å². The SMILES string of the molecule is CC.CCCCCC.O.O=C([O-])[O-].O=C([O-])[O-]. The molecule has 0 aliphatic rings. The maximum absolute atomic E-state index is 8.33. The van der Waals surface area contributed by atoms with Crippen molar-refractivity contribution in [2.45, 2.75) is 53.4 Å². The summed E-state index contributed by atoms with van der Waals surface area (Å²) in [5.41, 5.74) is 0. The third kappa shape index (κ3) is 1010. The van der Waals surface area contributed by atoms with Gasteiger partial charge in [-0.25, -0.2) is 0 Å². The van der Waals surface area contributed by atoms with Gasteiger partial charge in [-0.15, -0.1) is 0 Å². The average molecular weight is 254 g/mol. The highest BCUT2D eigenvalue weighted by atomic mass is 16.6. The molecule has 17 heavy (non-hydrogen) atoms. The van der Waals surface area contributed by atoms with Crippen molar-refractivity contribution in [1.82, 2.24) is 0 Å². The summed E-state index contributed by atoms with van der Waals surface area (Å²) in [7, 11) is 0. The lowest BCUT2D eigenvalue weighted by molar-refractivity contribution is -0.417. The van der Waals surface area contributed by atoms with Crippen molar-refractivity contribution in [3.05, 3.63) is 0 Å². The van der Waals surface area contributed by atoms with Gasteiger partial charge in [0, 0.05) is 0 Å². The van der Waals surface area contributed by atoms with E-state index in [9.17, 15) is 0 Å². The Morgan fingerprint density at radius 1 is 0.765 bits per heavy atom. The molecule has 0 aromatic rings. The van der Waals surface area contributed by atoms with E-state index in [0.717, 1.165) is 0 Å². The number of hydrogen-bond donors (Lipinski definition) is 0. The molecular formula is C10H22O7-4. The van der Waals surface area contributed by atoms with E-state index in [1.807, 2.05) is 13.8 Å². The van der Waals surface area contributed by atoms with Crippen LogP contribution in [0.15, 0.2) is 0 Å². The molecule has 2 N–H and O–H groups in total. The first-order valence-corrected chi connectivity index (χ1v) is 5.14. The molecule has 0 aromatic carbocycles. The van der Waals surface area contributed by atoms with Crippen LogP contribution < -0.4 is 20.4 Å². The second-order valence-corrected chi connectivity index (χ2v) is 2.21. The van der Waals surface area contributed by atoms with E-state index in [2.05, 4.69) is 13.8 Å². The van der Waals surface area contributed by atoms with E-state index in [1.54, 1.807) is 0 Å². The summed E-state index contributed by atoms with van der Waals surface area (Å²) in [5, 5.41) is 33.3. The fraction of sp³-hybridized carbons (Fsp3) is 0.800. The van der Waals surface area contributed by atoms with Gasteiger partial charge in [0.1, 0.15) is 0 Å². The van der Waals surface area contributed by atoms with Gasteiger partial charge in [-0.3, -0.25) is 0 Å². The predicted octanol–water partition coefficient (Wildman–Crippen LogP) is -2.11. The Kier molecular flexibility index (Phi) is 63.6. The van der Waals surface area contributed by atoms with Crippen LogP contribution in [0.3, 0.4) is 0 Å². The molecule has 0 atom stereocenters. The molecular weight excluding hydrogens is 232 g/mol. The summed E-state index contributed by atoms with van der Waals surface area (Å²) in [6, 6.07) is 0. The van der Waals surface area contributed by atoms with Gasteiger partial charge in [-0.1, -0.05) is 53.4 Å². The van der Waals surface area contributed by atoms with Gasteiger partial charge < -0.3 is 35.5 Å². The molecule has 0 bridgehead atoms. The van der Waals surface area contributed by atoms with Crippen LogP contribution in [0.4, 0.5) is 9.59 Å². The van der Waals surface area contributed by atoms with Crippen LogP contribution in [-0.4, -0.2) is 17.8 Å². The molecule has 0 aliphatic heterocycles. The van der Waals surface area contributed by atoms with Gasteiger partial charge >= 0.3 is 0 Å². The van der Waals surface area contributed by atoms with Gasteiger partial charge in [0.25, 0.3) is 0 Å².